The first-order valence-corrected chi connectivity index (χ1v) is 8.07. The molecule has 1 aromatic rings. The van der Waals surface area contributed by atoms with Crippen LogP contribution in [-0.4, -0.2) is 18.6 Å². The first kappa shape index (κ1) is 13.9. The molecule has 0 amide bonds. The first-order valence-electron chi connectivity index (χ1n) is 7.66. The Morgan fingerprint density at radius 1 is 1.35 bits per heavy atom. The van der Waals surface area contributed by atoms with Gasteiger partial charge in [0.1, 0.15) is 4.99 Å². The average Bonchev–Trinajstić information content (AvgIpc) is 3.00. The molecule has 2 nitrogen and oxygen atoms in total. The van der Waals surface area contributed by atoms with Gasteiger partial charge in [0.2, 0.25) is 0 Å². The Balaban J connectivity index is 1.78. The molecule has 2 bridgehead atoms. The van der Waals surface area contributed by atoms with Crippen LogP contribution in [0.15, 0.2) is 18.2 Å². The van der Waals surface area contributed by atoms with Gasteiger partial charge in [0, 0.05) is 24.8 Å². The van der Waals surface area contributed by atoms with Crippen molar-refractivity contribution in [3.8, 4) is 0 Å². The number of hydrogen-bond donors (Lipinski definition) is 1. The van der Waals surface area contributed by atoms with E-state index in [2.05, 4.69) is 37.1 Å². The molecule has 3 rings (SSSR count). The van der Waals surface area contributed by atoms with Crippen molar-refractivity contribution in [1.82, 2.24) is 0 Å². The van der Waals surface area contributed by atoms with Gasteiger partial charge in [-0.1, -0.05) is 24.7 Å². The monoisotopic (exact) mass is 288 g/mol. The molecule has 1 aromatic carbocycles. The molecular formula is C17H24N2S. The largest absolute Gasteiger partial charge is 0.389 e. The van der Waals surface area contributed by atoms with Gasteiger partial charge in [-0.2, -0.15) is 0 Å². The third kappa shape index (κ3) is 2.56. The van der Waals surface area contributed by atoms with Crippen molar-refractivity contribution in [2.24, 2.45) is 23.5 Å². The third-order valence-electron chi connectivity index (χ3n) is 5.22. The van der Waals surface area contributed by atoms with E-state index in [1.807, 2.05) is 0 Å². The Morgan fingerprint density at radius 3 is 2.75 bits per heavy atom. The molecule has 0 aromatic heterocycles. The maximum atomic E-state index is 5.88. The molecule has 0 radical (unpaired) electrons. The number of hydrogen-bond acceptors (Lipinski definition) is 2. The van der Waals surface area contributed by atoms with E-state index >= 15 is 0 Å². The zero-order valence-electron chi connectivity index (χ0n) is 12.4. The fraction of sp³-hybridized carbons (Fsp3) is 0.588. The number of fused-ring (bicyclic) bond motifs is 2. The molecule has 2 aliphatic carbocycles. The van der Waals surface area contributed by atoms with E-state index < -0.39 is 0 Å². The van der Waals surface area contributed by atoms with Gasteiger partial charge in [0.25, 0.3) is 0 Å². The number of rotatable bonds is 4. The maximum absolute atomic E-state index is 5.88. The van der Waals surface area contributed by atoms with Crippen molar-refractivity contribution in [2.75, 3.05) is 18.5 Å². The van der Waals surface area contributed by atoms with Gasteiger partial charge >= 0.3 is 0 Å². The molecule has 2 saturated carbocycles. The van der Waals surface area contributed by atoms with Crippen LogP contribution in [0.1, 0.15) is 36.8 Å². The summed E-state index contributed by atoms with van der Waals surface area (Å²) < 4.78 is 0. The summed E-state index contributed by atoms with van der Waals surface area (Å²) in [5.74, 6) is 2.82. The van der Waals surface area contributed by atoms with Crippen LogP contribution in [0.5, 0.6) is 0 Å². The lowest BCUT2D eigenvalue weighted by molar-refractivity contribution is 0.337. The van der Waals surface area contributed by atoms with E-state index in [9.17, 15) is 0 Å². The summed E-state index contributed by atoms with van der Waals surface area (Å²) in [6.07, 6.45) is 5.80. The van der Waals surface area contributed by atoms with Crippen molar-refractivity contribution in [3.63, 3.8) is 0 Å². The molecule has 3 unspecified atom stereocenters. The fourth-order valence-electron chi connectivity index (χ4n) is 4.22. The van der Waals surface area contributed by atoms with Crippen LogP contribution in [-0.2, 0) is 0 Å². The minimum Gasteiger partial charge on any atom is -0.389 e. The lowest BCUT2D eigenvalue weighted by Crippen LogP contribution is -2.30. The van der Waals surface area contributed by atoms with Crippen molar-refractivity contribution >= 4 is 22.9 Å². The third-order valence-corrected chi connectivity index (χ3v) is 5.44. The zero-order chi connectivity index (χ0) is 14.3. The smallest absolute Gasteiger partial charge is 0.106 e. The lowest BCUT2D eigenvalue weighted by Gasteiger charge is -2.30. The van der Waals surface area contributed by atoms with Crippen LogP contribution in [0.4, 0.5) is 5.69 Å². The summed E-state index contributed by atoms with van der Waals surface area (Å²) in [6, 6.07) is 6.36. The van der Waals surface area contributed by atoms with Crippen molar-refractivity contribution in [2.45, 2.75) is 32.6 Å². The van der Waals surface area contributed by atoms with Gasteiger partial charge in [-0.05, 0) is 61.6 Å². The number of thiocarbonyl (C=S) groups is 1. The highest BCUT2D eigenvalue weighted by molar-refractivity contribution is 7.80. The Morgan fingerprint density at radius 2 is 2.15 bits per heavy atom. The van der Waals surface area contributed by atoms with E-state index in [-0.39, 0.29) is 0 Å². The maximum Gasteiger partial charge on any atom is 0.106 e. The summed E-state index contributed by atoms with van der Waals surface area (Å²) in [5.41, 5.74) is 9.34. The van der Waals surface area contributed by atoms with Gasteiger partial charge in [0.05, 0.1) is 0 Å². The molecule has 2 aliphatic rings. The molecule has 3 heteroatoms. The highest BCUT2D eigenvalue weighted by atomic mass is 32.1. The topological polar surface area (TPSA) is 29.3 Å². The fourth-order valence-corrected chi connectivity index (χ4v) is 4.39. The van der Waals surface area contributed by atoms with Gasteiger partial charge < -0.3 is 10.6 Å². The summed E-state index contributed by atoms with van der Waals surface area (Å²) >= 11 is 5.20. The second-order valence-electron chi connectivity index (χ2n) is 6.70. The highest BCUT2D eigenvalue weighted by Gasteiger charge is 2.39. The van der Waals surface area contributed by atoms with Crippen LogP contribution in [0.2, 0.25) is 0 Å². The Kier molecular flexibility index (Phi) is 3.72. The number of aryl methyl sites for hydroxylation is 1. The predicted octanol–water partition coefficient (Wildman–Crippen LogP) is 3.50. The molecule has 0 heterocycles. The summed E-state index contributed by atoms with van der Waals surface area (Å²) in [7, 11) is 2.18. The zero-order valence-corrected chi connectivity index (χ0v) is 13.2. The molecule has 2 N–H and O–H groups in total. The quantitative estimate of drug-likeness (QED) is 0.860. The number of nitrogens with zero attached hydrogens (tertiary/aromatic N) is 1. The van der Waals surface area contributed by atoms with E-state index in [4.69, 9.17) is 18.0 Å². The Hall–Kier alpha value is -1.09. The van der Waals surface area contributed by atoms with Crippen molar-refractivity contribution in [3.05, 3.63) is 29.3 Å². The molecule has 0 spiro atoms. The lowest BCUT2D eigenvalue weighted by atomic mass is 9.88. The van der Waals surface area contributed by atoms with Crippen LogP contribution < -0.4 is 10.6 Å². The molecule has 3 atom stereocenters. The molecule has 20 heavy (non-hydrogen) atoms. The number of anilines is 1. The summed E-state index contributed by atoms with van der Waals surface area (Å²) in [5, 5.41) is 0. The van der Waals surface area contributed by atoms with Gasteiger partial charge in [0.15, 0.2) is 0 Å². The minimum absolute atomic E-state index is 0.500. The standard InChI is InChI=1S/C17H24N2S/c1-11-3-6-15(17(18)20)16(7-11)19(2)10-14-9-12-4-5-13(14)8-12/h3,6-7,12-14H,4-5,8-10H2,1-2H3,(H2,18,20). The SMILES string of the molecule is Cc1ccc(C(N)=S)c(N(C)CC2CC3CCC2C3)c1. The molecule has 0 aliphatic heterocycles. The average molecular weight is 288 g/mol. The normalized spacial score (nSPS) is 27.8. The van der Waals surface area contributed by atoms with Crippen LogP contribution >= 0.6 is 12.2 Å². The molecule has 0 saturated heterocycles. The predicted molar refractivity (Wildman–Crippen MR) is 89.3 cm³/mol. The van der Waals surface area contributed by atoms with Crippen LogP contribution in [0.25, 0.3) is 0 Å². The van der Waals surface area contributed by atoms with Crippen LogP contribution in [0, 0.1) is 24.7 Å². The molecule has 2 fully saturated rings. The number of benzene rings is 1. The first-order chi connectivity index (χ1) is 9.54. The number of nitrogens with two attached hydrogens (primary N) is 1. The molecule has 108 valence electrons. The Bertz CT molecular complexity index is 526. The van der Waals surface area contributed by atoms with Gasteiger partial charge in [-0.15, -0.1) is 0 Å². The summed E-state index contributed by atoms with van der Waals surface area (Å²) in [6.45, 7) is 3.26. The van der Waals surface area contributed by atoms with E-state index in [0.29, 0.717) is 4.99 Å². The minimum atomic E-state index is 0.500. The summed E-state index contributed by atoms with van der Waals surface area (Å²) in [4.78, 5) is 2.87. The van der Waals surface area contributed by atoms with Crippen LogP contribution in [0.3, 0.4) is 0 Å². The van der Waals surface area contributed by atoms with Gasteiger partial charge in [-0.3, -0.25) is 0 Å². The highest BCUT2D eigenvalue weighted by Crippen LogP contribution is 2.48. The van der Waals surface area contributed by atoms with E-state index in [1.165, 1.54) is 36.9 Å². The van der Waals surface area contributed by atoms with Gasteiger partial charge in [-0.25, -0.2) is 0 Å². The Labute approximate surface area is 127 Å². The second-order valence-corrected chi connectivity index (χ2v) is 7.14. The van der Waals surface area contributed by atoms with Crippen molar-refractivity contribution < 1.29 is 0 Å². The second kappa shape index (κ2) is 5.36. The van der Waals surface area contributed by atoms with Crippen molar-refractivity contribution in [1.29, 1.82) is 0 Å². The van der Waals surface area contributed by atoms with E-state index in [1.54, 1.807) is 0 Å². The molecular weight excluding hydrogens is 264 g/mol. The van der Waals surface area contributed by atoms with E-state index in [0.717, 1.165) is 29.9 Å².